The number of nitrogens with zero attached hydrogens (tertiary/aromatic N) is 2. The highest BCUT2D eigenvalue weighted by atomic mass is 32.2. The lowest BCUT2D eigenvalue weighted by molar-refractivity contribution is -0.148. The number of likely N-dealkylation sites (tertiary alicyclic amines) is 1. The molecule has 2 atom stereocenters. The van der Waals surface area contributed by atoms with E-state index in [1.807, 2.05) is 0 Å². The Bertz CT molecular complexity index is 383. The van der Waals surface area contributed by atoms with E-state index in [-0.39, 0.29) is 18.4 Å². The van der Waals surface area contributed by atoms with E-state index in [4.69, 9.17) is 9.47 Å². The third kappa shape index (κ3) is 4.66. The Labute approximate surface area is 122 Å². The van der Waals surface area contributed by atoms with E-state index < -0.39 is 23.7 Å². The zero-order valence-electron chi connectivity index (χ0n) is 12.1. The molecule has 1 amide bonds. The van der Waals surface area contributed by atoms with Crippen LogP contribution in [-0.4, -0.2) is 47.0 Å². The molecule has 1 fully saturated rings. The molecule has 0 aromatic rings. The molecule has 1 rings (SSSR count). The molecule has 0 aromatic carbocycles. The van der Waals surface area contributed by atoms with Crippen LogP contribution < -0.4 is 0 Å². The van der Waals surface area contributed by atoms with E-state index in [2.05, 4.69) is 4.58 Å². The predicted octanol–water partition coefficient (Wildman–Crippen LogP) is 2.34. The summed E-state index contributed by atoms with van der Waals surface area (Å²) in [5.74, 6) is -0.479. The van der Waals surface area contributed by atoms with Crippen LogP contribution in [0.3, 0.4) is 0 Å². The van der Waals surface area contributed by atoms with Crippen molar-refractivity contribution in [2.24, 2.45) is 4.58 Å². The van der Waals surface area contributed by atoms with E-state index in [9.17, 15) is 14.5 Å². The number of carbonyl (C=O) groups is 2. The van der Waals surface area contributed by atoms with Crippen molar-refractivity contribution in [3.05, 3.63) is 4.91 Å². The first-order valence-corrected chi connectivity index (χ1v) is 7.27. The third-order valence-electron chi connectivity index (χ3n) is 2.64. The van der Waals surface area contributed by atoms with Gasteiger partial charge < -0.3 is 9.47 Å². The van der Waals surface area contributed by atoms with Gasteiger partial charge in [-0.1, -0.05) is 0 Å². The standard InChI is InChI=1S/C12H20N2O5S/c1-5-18-10(15)9-6-8(20-13-17)7-14(9)11(16)19-12(2,3)4/h8-9H,5-7H2,1-4H3/t8-,9-/m0/s1. The van der Waals surface area contributed by atoms with Gasteiger partial charge in [-0.05, 0) is 34.1 Å². The fraction of sp³-hybridized carbons (Fsp3) is 0.833. The van der Waals surface area contributed by atoms with Crippen LogP contribution in [0, 0.1) is 4.91 Å². The topological polar surface area (TPSA) is 85.3 Å². The van der Waals surface area contributed by atoms with Crippen molar-refractivity contribution in [1.29, 1.82) is 0 Å². The van der Waals surface area contributed by atoms with Crippen molar-refractivity contribution in [2.45, 2.75) is 51.0 Å². The van der Waals surface area contributed by atoms with E-state index in [0.29, 0.717) is 6.42 Å². The molecule has 1 saturated heterocycles. The van der Waals surface area contributed by atoms with Crippen molar-refractivity contribution >= 4 is 24.0 Å². The number of hydrogen-bond donors (Lipinski definition) is 0. The monoisotopic (exact) mass is 304 g/mol. The van der Waals surface area contributed by atoms with Crippen LogP contribution >= 0.6 is 11.9 Å². The third-order valence-corrected chi connectivity index (χ3v) is 3.37. The van der Waals surface area contributed by atoms with Crippen LogP contribution in [-0.2, 0) is 14.3 Å². The zero-order valence-corrected chi connectivity index (χ0v) is 12.9. The minimum atomic E-state index is -0.718. The Morgan fingerprint density at radius 2 is 2.05 bits per heavy atom. The van der Waals surface area contributed by atoms with Gasteiger partial charge in [-0.3, -0.25) is 4.90 Å². The maximum atomic E-state index is 12.1. The van der Waals surface area contributed by atoms with Crippen LogP contribution in [0.1, 0.15) is 34.1 Å². The number of amides is 1. The Balaban J connectivity index is 2.79. The Hall–Kier alpha value is -1.31. The smallest absolute Gasteiger partial charge is 0.411 e. The van der Waals surface area contributed by atoms with Gasteiger partial charge in [0.05, 0.1) is 11.9 Å². The summed E-state index contributed by atoms with van der Waals surface area (Å²) in [4.78, 5) is 35.6. The van der Waals surface area contributed by atoms with Gasteiger partial charge in [0, 0.05) is 23.1 Å². The fourth-order valence-electron chi connectivity index (χ4n) is 1.92. The number of hydrogen-bond acceptors (Lipinski definition) is 7. The number of carbonyl (C=O) groups excluding carboxylic acids is 2. The minimum Gasteiger partial charge on any atom is -0.464 e. The lowest BCUT2D eigenvalue weighted by Gasteiger charge is -2.27. The molecule has 1 aliphatic rings. The van der Waals surface area contributed by atoms with Crippen LogP contribution in [0.25, 0.3) is 0 Å². The van der Waals surface area contributed by atoms with Crippen molar-refractivity contribution < 1.29 is 19.1 Å². The van der Waals surface area contributed by atoms with Crippen molar-refractivity contribution in [1.82, 2.24) is 4.90 Å². The SMILES string of the molecule is CCOC(=O)[C@@H]1C[C@H](SN=O)CN1C(=O)OC(C)(C)C. The van der Waals surface area contributed by atoms with Crippen molar-refractivity contribution in [3.63, 3.8) is 0 Å². The molecule has 0 saturated carbocycles. The summed E-state index contributed by atoms with van der Waals surface area (Å²) in [6, 6.07) is -0.718. The minimum absolute atomic E-state index is 0.213. The van der Waals surface area contributed by atoms with E-state index in [0.717, 1.165) is 11.9 Å². The average molecular weight is 304 g/mol. The average Bonchev–Trinajstić information content (AvgIpc) is 2.72. The van der Waals surface area contributed by atoms with E-state index in [1.165, 1.54) is 4.90 Å². The van der Waals surface area contributed by atoms with Crippen LogP contribution in [0.4, 0.5) is 4.79 Å². The summed E-state index contributed by atoms with van der Waals surface area (Å²) >= 11 is 0.829. The van der Waals surface area contributed by atoms with Crippen LogP contribution in [0.2, 0.25) is 0 Å². The van der Waals surface area contributed by atoms with Crippen molar-refractivity contribution in [3.8, 4) is 0 Å². The van der Waals surface area contributed by atoms with Gasteiger partial charge in [-0.25, -0.2) is 9.59 Å². The molecule has 0 bridgehead atoms. The largest absolute Gasteiger partial charge is 0.464 e. The number of rotatable bonds is 4. The van der Waals surface area contributed by atoms with Crippen molar-refractivity contribution in [2.75, 3.05) is 13.2 Å². The fourth-order valence-corrected chi connectivity index (χ4v) is 2.54. The normalized spacial score (nSPS) is 22.5. The maximum absolute atomic E-state index is 12.1. The Kier molecular flexibility index (Phi) is 5.79. The zero-order chi connectivity index (χ0) is 15.3. The van der Waals surface area contributed by atoms with E-state index in [1.54, 1.807) is 27.7 Å². The lowest BCUT2D eigenvalue weighted by atomic mass is 10.2. The van der Waals surface area contributed by atoms with E-state index >= 15 is 0 Å². The Morgan fingerprint density at radius 3 is 2.55 bits per heavy atom. The quantitative estimate of drug-likeness (QED) is 0.450. The van der Waals surface area contributed by atoms with Gasteiger partial charge >= 0.3 is 12.1 Å². The Morgan fingerprint density at radius 1 is 1.40 bits per heavy atom. The summed E-state index contributed by atoms with van der Waals surface area (Å²) < 4.78 is 13.0. The van der Waals surface area contributed by atoms with Gasteiger partial charge in [0.25, 0.3) is 0 Å². The molecular formula is C12H20N2O5S. The lowest BCUT2D eigenvalue weighted by Crippen LogP contribution is -2.44. The molecule has 1 heterocycles. The summed E-state index contributed by atoms with van der Waals surface area (Å²) in [6.07, 6.45) is -0.237. The molecule has 0 N–H and O–H groups in total. The summed E-state index contributed by atoms with van der Waals surface area (Å²) in [7, 11) is 0. The molecule has 20 heavy (non-hydrogen) atoms. The molecule has 0 aliphatic carbocycles. The molecule has 0 aromatic heterocycles. The number of esters is 1. The summed E-state index contributed by atoms with van der Waals surface area (Å²) in [5, 5.41) is -0.213. The number of nitroso groups, excluding NO2 is 1. The summed E-state index contributed by atoms with van der Waals surface area (Å²) in [6.45, 7) is 7.43. The second-order valence-electron chi connectivity index (χ2n) is 5.44. The molecule has 114 valence electrons. The molecule has 0 unspecified atom stereocenters. The van der Waals surface area contributed by atoms with Gasteiger partial charge in [-0.2, -0.15) is 0 Å². The number of ether oxygens (including phenoxy) is 2. The van der Waals surface area contributed by atoms with Gasteiger partial charge in [0.15, 0.2) is 0 Å². The predicted molar refractivity (Wildman–Crippen MR) is 75.2 cm³/mol. The maximum Gasteiger partial charge on any atom is 0.411 e. The van der Waals surface area contributed by atoms with Gasteiger partial charge in [0.1, 0.15) is 11.6 Å². The highest BCUT2D eigenvalue weighted by molar-refractivity contribution is 7.98. The highest BCUT2D eigenvalue weighted by Crippen LogP contribution is 2.30. The molecule has 7 nitrogen and oxygen atoms in total. The van der Waals surface area contributed by atoms with Crippen LogP contribution in [0.15, 0.2) is 4.58 Å². The second kappa shape index (κ2) is 6.92. The first kappa shape index (κ1) is 16.7. The van der Waals surface area contributed by atoms with Gasteiger partial charge in [-0.15, -0.1) is 4.91 Å². The molecule has 1 aliphatic heterocycles. The molecular weight excluding hydrogens is 284 g/mol. The second-order valence-corrected chi connectivity index (χ2v) is 6.46. The molecule has 0 radical (unpaired) electrons. The van der Waals surface area contributed by atoms with Gasteiger partial charge in [0.2, 0.25) is 0 Å². The van der Waals surface area contributed by atoms with Crippen LogP contribution in [0.5, 0.6) is 0 Å². The highest BCUT2D eigenvalue weighted by Gasteiger charge is 2.42. The molecule has 8 heteroatoms. The summed E-state index contributed by atoms with van der Waals surface area (Å²) in [5.41, 5.74) is -0.648. The first-order chi connectivity index (χ1) is 9.28. The molecule has 0 spiro atoms. The first-order valence-electron chi connectivity index (χ1n) is 6.43.